The number of nitrogens with zero attached hydrogens (tertiary/aromatic N) is 2. The van der Waals surface area contributed by atoms with Crippen LogP contribution in [0.2, 0.25) is 0 Å². The van der Waals surface area contributed by atoms with Gasteiger partial charge in [0.15, 0.2) is 0 Å². The molecule has 3 N–H and O–H groups in total. The highest BCUT2D eigenvalue weighted by Gasteiger charge is 2.36. The van der Waals surface area contributed by atoms with Crippen molar-refractivity contribution in [1.82, 2.24) is 15.1 Å². The van der Waals surface area contributed by atoms with E-state index in [1.807, 2.05) is 0 Å². The van der Waals surface area contributed by atoms with E-state index in [4.69, 9.17) is 10.2 Å². The minimum atomic E-state index is -0.440. The average molecular weight is 438 g/mol. The van der Waals surface area contributed by atoms with Crippen molar-refractivity contribution in [3.05, 3.63) is 59.0 Å². The summed E-state index contributed by atoms with van der Waals surface area (Å²) in [6, 6.07) is 7.93. The van der Waals surface area contributed by atoms with E-state index in [1.165, 1.54) is 18.4 Å². The molecule has 9 heteroatoms. The molecule has 4 rings (SSSR count). The fraction of sp³-hybridized carbons (Fsp3) is 0.391. The van der Waals surface area contributed by atoms with Crippen LogP contribution >= 0.6 is 0 Å². The average Bonchev–Trinajstić information content (AvgIpc) is 3.39. The molecule has 0 spiro atoms. The number of nitrogens with two attached hydrogens (primary N) is 1. The van der Waals surface area contributed by atoms with E-state index in [9.17, 15) is 19.2 Å². The van der Waals surface area contributed by atoms with Gasteiger partial charge in [-0.05, 0) is 62.7 Å². The second-order valence-corrected chi connectivity index (χ2v) is 8.19. The first-order valence-electron chi connectivity index (χ1n) is 10.8. The van der Waals surface area contributed by atoms with Crippen LogP contribution in [0.1, 0.15) is 56.1 Å². The van der Waals surface area contributed by atoms with Crippen LogP contribution in [0, 0.1) is 5.92 Å². The molecule has 1 atom stereocenters. The lowest BCUT2D eigenvalue weighted by atomic mass is 9.97. The second-order valence-electron chi connectivity index (χ2n) is 8.19. The summed E-state index contributed by atoms with van der Waals surface area (Å²) < 4.78 is 5.23. The third-order valence-electron chi connectivity index (χ3n) is 5.97. The number of likely N-dealkylation sites (tertiary alicyclic amines) is 1. The molecule has 9 nitrogen and oxygen atoms in total. The van der Waals surface area contributed by atoms with Crippen LogP contribution in [0.4, 0.5) is 0 Å². The summed E-state index contributed by atoms with van der Waals surface area (Å²) >= 11 is 0. The number of carbonyl (C=O) groups excluding carboxylic acids is 4. The second kappa shape index (κ2) is 9.35. The number of hydrogen-bond donors (Lipinski definition) is 2. The van der Waals surface area contributed by atoms with Gasteiger partial charge in [-0.1, -0.05) is 0 Å². The molecule has 0 aliphatic carbocycles. The lowest BCUT2D eigenvalue weighted by molar-refractivity contribution is -0.123. The SMILES string of the molecule is NC(=O)C1CCCN(CCCNC(=O)c2ccc3c(c2)C(=O)N(Cc2ccco2)C3=O)C1. The number of furan rings is 1. The van der Waals surface area contributed by atoms with E-state index in [0.717, 1.165) is 37.3 Å². The van der Waals surface area contributed by atoms with Gasteiger partial charge >= 0.3 is 0 Å². The Kier molecular flexibility index (Phi) is 6.36. The van der Waals surface area contributed by atoms with Crippen molar-refractivity contribution in [2.24, 2.45) is 11.7 Å². The molecule has 2 aliphatic heterocycles. The first kappa shape index (κ1) is 21.8. The number of primary amides is 1. The number of amides is 4. The van der Waals surface area contributed by atoms with Gasteiger partial charge < -0.3 is 20.4 Å². The number of hydrogen-bond acceptors (Lipinski definition) is 6. The van der Waals surface area contributed by atoms with E-state index in [0.29, 0.717) is 24.4 Å². The molecule has 3 heterocycles. The first-order valence-corrected chi connectivity index (χ1v) is 10.8. The maximum absolute atomic E-state index is 12.7. The van der Waals surface area contributed by atoms with Crippen LogP contribution in [0.5, 0.6) is 0 Å². The highest BCUT2D eigenvalue weighted by Crippen LogP contribution is 2.26. The van der Waals surface area contributed by atoms with E-state index < -0.39 is 11.8 Å². The van der Waals surface area contributed by atoms with Crippen LogP contribution < -0.4 is 11.1 Å². The van der Waals surface area contributed by atoms with Gasteiger partial charge in [-0.15, -0.1) is 0 Å². The van der Waals surface area contributed by atoms with Crippen molar-refractivity contribution in [3.8, 4) is 0 Å². The fourth-order valence-electron chi connectivity index (χ4n) is 4.23. The summed E-state index contributed by atoms with van der Waals surface area (Å²) in [4.78, 5) is 52.5. The fourth-order valence-corrected chi connectivity index (χ4v) is 4.23. The molecular weight excluding hydrogens is 412 g/mol. The third-order valence-corrected chi connectivity index (χ3v) is 5.97. The molecule has 0 saturated carbocycles. The van der Waals surface area contributed by atoms with E-state index in [1.54, 1.807) is 18.2 Å². The number of fused-ring (bicyclic) bond motifs is 1. The van der Waals surface area contributed by atoms with Gasteiger partial charge in [0.25, 0.3) is 17.7 Å². The van der Waals surface area contributed by atoms with Gasteiger partial charge in [0.05, 0.1) is 29.9 Å². The topological polar surface area (TPSA) is 126 Å². The van der Waals surface area contributed by atoms with Gasteiger partial charge in [0.2, 0.25) is 5.91 Å². The molecule has 2 aliphatic rings. The van der Waals surface area contributed by atoms with E-state index in [2.05, 4.69) is 10.2 Å². The zero-order valence-electron chi connectivity index (χ0n) is 17.7. The molecular formula is C23H26N4O5. The molecule has 1 unspecified atom stereocenters. The highest BCUT2D eigenvalue weighted by atomic mass is 16.3. The predicted molar refractivity (Wildman–Crippen MR) is 115 cm³/mol. The van der Waals surface area contributed by atoms with Crippen LogP contribution in [0.25, 0.3) is 0 Å². The zero-order valence-corrected chi connectivity index (χ0v) is 17.7. The molecule has 2 aromatic rings. The Balaban J connectivity index is 1.30. The monoisotopic (exact) mass is 438 g/mol. The van der Waals surface area contributed by atoms with Gasteiger partial charge in [-0.2, -0.15) is 0 Å². The number of piperidine rings is 1. The molecule has 0 radical (unpaired) electrons. The smallest absolute Gasteiger partial charge is 0.261 e. The Labute approximate surface area is 185 Å². The first-order chi connectivity index (χ1) is 15.4. The van der Waals surface area contributed by atoms with Crippen molar-refractivity contribution in [1.29, 1.82) is 0 Å². The third kappa shape index (κ3) is 4.57. The molecule has 0 bridgehead atoms. The normalized spacial score (nSPS) is 18.6. The minimum Gasteiger partial charge on any atom is -0.467 e. The standard InChI is InChI=1S/C23H26N4O5/c24-20(28)16-4-1-9-26(13-16)10-3-8-25-21(29)15-6-7-18-19(12-15)23(31)27(22(18)30)14-17-5-2-11-32-17/h2,5-7,11-12,16H,1,3-4,8-10,13-14H2,(H2,24,28)(H,25,29). The van der Waals surface area contributed by atoms with Crippen molar-refractivity contribution in [2.75, 3.05) is 26.2 Å². The summed E-state index contributed by atoms with van der Waals surface area (Å²) in [7, 11) is 0. The number of nitrogens with one attached hydrogen (secondary N) is 1. The maximum atomic E-state index is 12.7. The van der Waals surface area contributed by atoms with Crippen LogP contribution in [-0.4, -0.2) is 59.6 Å². The Morgan fingerprint density at radius 3 is 2.72 bits per heavy atom. The highest BCUT2D eigenvalue weighted by molar-refractivity contribution is 6.22. The van der Waals surface area contributed by atoms with Crippen LogP contribution in [-0.2, 0) is 11.3 Å². The summed E-state index contributed by atoms with van der Waals surface area (Å²) in [5, 5.41) is 2.86. The lowest BCUT2D eigenvalue weighted by Gasteiger charge is -2.31. The lowest BCUT2D eigenvalue weighted by Crippen LogP contribution is -2.42. The van der Waals surface area contributed by atoms with Crippen molar-refractivity contribution < 1.29 is 23.6 Å². The number of rotatable bonds is 8. The Morgan fingerprint density at radius 1 is 1.16 bits per heavy atom. The van der Waals surface area contributed by atoms with Crippen molar-refractivity contribution in [2.45, 2.75) is 25.8 Å². The Bertz CT molecular complexity index is 1030. The predicted octanol–water partition coefficient (Wildman–Crippen LogP) is 1.39. The maximum Gasteiger partial charge on any atom is 0.261 e. The van der Waals surface area contributed by atoms with Crippen molar-refractivity contribution >= 4 is 23.6 Å². The summed E-state index contributed by atoms with van der Waals surface area (Å²) in [5.74, 6) is -0.985. The largest absolute Gasteiger partial charge is 0.467 e. The van der Waals surface area contributed by atoms with E-state index >= 15 is 0 Å². The number of benzene rings is 1. The molecule has 1 fully saturated rings. The quantitative estimate of drug-likeness (QED) is 0.474. The number of carbonyl (C=O) groups is 4. The van der Waals surface area contributed by atoms with Crippen LogP contribution in [0.3, 0.4) is 0 Å². The zero-order chi connectivity index (χ0) is 22.7. The molecule has 1 saturated heterocycles. The molecule has 32 heavy (non-hydrogen) atoms. The molecule has 4 amide bonds. The van der Waals surface area contributed by atoms with E-state index in [-0.39, 0.29) is 35.4 Å². The Morgan fingerprint density at radius 2 is 1.97 bits per heavy atom. The van der Waals surface area contributed by atoms with Gasteiger partial charge in [0.1, 0.15) is 5.76 Å². The molecule has 1 aromatic carbocycles. The Hall–Kier alpha value is -3.46. The summed E-state index contributed by atoms with van der Waals surface area (Å²) in [6.45, 7) is 2.87. The van der Waals surface area contributed by atoms with Gasteiger partial charge in [-0.3, -0.25) is 24.1 Å². The van der Waals surface area contributed by atoms with Crippen LogP contribution in [0.15, 0.2) is 41.0 Å². The summed E-state index contributed by atoms with van der Waals surface area (Å²) in [6.07, 6.45) is 3.99. The summed E-state index contributed by atoms with van der Waals surface area (Å²) in [5.41, 5.74) is 6.25. The number of imide groups is 1. The van der Waals surface area contributed by atoms with Gasteiger partial charge in [-0.25, -0.2) is 0 Å². The molecule has 1 aromatic heterocycles. The minimum absolute atomic E-state index is 0.0496. The van der Waals surface area contributed by atoms with Gasteiger partial charge in [0, 0.05) is 18.7 Å². The van der Waals surface area contributed by atoms with Crippen molar-refractivity contribution in [3.63, 3.8) is 0 Å². The molecule has 168 valence electrons.